The Morgan fingerprint density at radius 2 is 1.96 bits per heavy atom. The largest absolute Gasteiger partial charge is 0.298 e. The van der Waals surface area contributed by atoms with E-state index in [1.807, 2.05) is 0 Å². The molecule has 0 atom stereocenters. The van der Waals surface area contributed by atoms with Gasteiger partial charge in [-0.2, -0.15) is 0 Å². The first kappa shape index (κ1) is 17.0. The minimum atomic E-state index is -0.674. The number of anilines is 1. The van der Waals surface area contributed by atoms with Gasteiger partial charge in [0.2, 0.25) is 0 Å². The minimum absolute atomic E-state index is 0.118. The number of hydrogen-bond donors (Lipinski definition) is 1. The maximum Gasteiger partial charge on any atom is 0.283 e. The van der Waals surface area contributed by atoms with Crippen LogP contribution < -0.4 is 5.32 Å². The molecular formula is C16H9ClFN3O3S. The maximum atomic E-state index is 13.0. The lowest BCUT2D eigenvalue weighted by atomic mass is 10.1. The van der Waals surface area contributed by atoms with E-state index in [-0.39, 0.29) is 27.2 Å². The number of hydrogen-bond acceptors (Lipinski definition) is 5. The molecule has 3 aromatic rings. The van der Waals surface area contributed by atoms with Crippen molar-refractivity contribution in [2.45, 2.75) is 0 Å². The SMILES string of the molecule is O=C(Nc1nc(-c2ccc(F)cc2)cs1)c1ccc(Cl)cc1[N+](=O)[O-]. The molecule has 0 fully saturated rings. The summed E-state index contributed by atoms with van der Waals surface area (Å²) < 4.78 is 13.0. The highest BCUT2D eigenvalue weighted by atomic mass is 35.5. The molecule has 1 aromatic heterocycles. The predicted molar refractivity (Wildman–Crippen MR) is 93.6 cm³/mol. The minimum Gasteiger partial charge on any atom is -0.298 e. The van der Waals surface area contributed by atoms with E-state index in [0.717, 1.165) is 17.4 Å². The van der Waals surface area contributed by atoms with E-state index in [2.05, 4.69) is 10.3 Å². The molecule has 0 saturated carbocycles. The van der Waals surface area contributed by atoms with Gasteiger partial charge in [-0.15, -0.1) is 11.3 Å². The van der Waals surface area contributed by atoms with Gasteiger partial charge in [-0.1, -0.05) is 11.6 Å². The first-order valence-corrected chi connectivity index (χ1v) is 8.16. The molecule has 0 aliphatic rings. The predicted octanol–water partition coefficient (Wildman–Crippen LogP) is 4.76. The van der Waals surface area contributed by atoms with E-state index in [0.29, 0.717) is 11.3 Å². The van der Waals surface area contributed by atoms with Crippen LogP contribution in [0.4, 0.5) is 15.2 Å². The van der Waals surface area contributed by atoms with Crippen molar-refractivity contribution < 1.29 is 14.1 Å². The number of halogens is 2. The first-order valence-electron chi connectivity index (χ1n) is 6.91. The monoisotopic (exact) mass is 377 g/mol. The van der Waals surface area contributed by atoms with E-state index in [4.69, 9.17) is 11.6 Å². The molecule has 1 amide bonds. The van der Waals surface area contributed by atoms with Crippen LogP contribution in [0.15, 0.2) is 47.8 Å². The van der Waals surface area contributed by atoms with Gasteiger partial charge >= 0.3 is 0 Å². The van der Waals surface area contributed by atoms with Crippen molar-refractivity contribution >= 4 is 39.7 Å². The zero-order chi connectivity index (χ0) is 18.0. The average Bonchev–Trinajstić information content (AvgIpc) is 3.03. The Morgan fingerprint density at radius 3 is 2.64 bits per heavy atom. The molecule has 0 radical (unpaired) electrons. The summed E-state index contributed by atoms with van der Waals surface area (Å²) in [5, 5.41) is 15.7. The number of benzene rings is 2. The molecule has 0 bridgehead atoms. The lowest BCUT2D eigenvalue weighted by Crippen LogP contribution is -2.13. The van der Waals surface area contributed by atoms with Gasteiger partial charge in [0.25, 0.3) is 11.6 Å². The third kappa shape index (κ3) is 3.81. The summed E-state index contributed by atoms with van der Waals surface area (Å²) in [6.45, 7) is 0. The number of nitro benzene ring substituents is 1. The van der Waals surface area contributed by atoms with Gasteiger partial charge in [-0.25, -0.2) is 9.37 Å². The fraction of sp³-hybridized carbons (Fsp3) is 0. The Morgan fingerprint density at radius 1 is 1.24 bits per heavy atom. The normalized spacial score (nSPS) is 10.5. The lowest BCUT2D eigenvalue weighted by Gasteiger charge is -2.03. The summed E-state index contributed by atoms with van der Waals surface area (Å²) in [4.78, 5) is 26.9. The van der Waals surface area contributed by atoms with E-state index in [1.54, 1.807) is 17.5 Å². The molecular weight excluding hydrogens is 369 g/mol. The van der Waals surface area contributed by atoms with Gasteiger partial charge in [-0.3, -0.25) is 20.2 Å². The quantitative estimate of drug-likeness (QED) is 0.524. The van der Waals surface area contributed by atoms with E-state index >= 15 is 0 Å². The van der Waals surface area contributed by atoms with E-state index < -0.39 is 10.8 Å². The van der Waals surface area contributed by atoms with Gasteiger partial charge in [-0.05, 0) is 36.4 Å². The van der Waals surface area contributed by atoms with Crippen molar-refractivity contribution in [3.63, 3.8) is 0 Å². The first-order chi connectivity index (χ1) is 11.9. The van der Waals surface area contributed by atoms with Crippen LogP contribution in [-0.4, -0.2) is 15.8 Å². The van der Waals surface area contributed by atoms with Gasteiger partial charge in [0.15, 0.2) is 5.13 Å². The number of nitrogens with zero attached hydrogens (tertiary/aromatic N) is 2. The lowest BCUT2D eigenvalue weighted by molar-refractivity contribution is -0.385. The van der Waals surface area contributed by atoms with Crippen LogP contribution in [0.1, 0.15) is 10.4 Å². The second-order valence-corrected chi connectivity index (χ2v) is 6.21. The van der Waals surface area contributed by atoms with Crippen molar-refractivity contribution in [1.82, 2.24) is 4.98 Å². The van der Waals surface area contributed by atoms with Gasteiger partial charge in [0.1, 0.15) is 11.4 Å². The molecule has 0 aliphatic heterocycles. The van der Waals surface area contributed by atoms with Crippen LogP contribution >= 0.6 is 22.9 Å². The standard InChI is InChI=1S/C16H9ClFN3O3S/c17-10-3-6-12(14(7-10)21(23)24)15(22)20-16-19-13(8-25-16)9-1-4-11(18)5-2-9/h1-8H,(H,19,20,22). The van der Waals surface area contributed by atoms with Crippen LogP contribution in [0.5, 0.6) is 0 Å². The highest BCUT2D eigenvalue weighted by Crippen LogP contribution is 2.27. The summed E-state index contributed by atoms with van der Waals surface area (Å²) in [5.74, 6) is -1.02. The number of aromatic nitrogens is 1. The topological polar surface area (TPSA) is 85.1 Å². The van der Waals surface area contributed by atoms with Gasteiger partial charge in [0.05, 0.1) is 10.6 Å². The Hall–Kier alpha value is -2.84. The molecule has 3 rings (SSSR count). The smallest absolute Gasteiger partial charge is 0.283 e. The number of carbonyl (C=O) groups is 1. The Balaban J connectivity index is 1.83. The van der Waals surface area contributed by atoms with Crippen LogP contribution in [-0.2, 0) is 0 Å². The average molecular weight is 378 g/mol. The van der Waals surface area contributed by atoms with Crippen LogP contribution in [0.25, 0.3) is 11.3 Å². The molecule has 1 heterocycles. The van der Waals surface area contributed by atoms with Crippen LogP contribution in [0, 0.1) is 15.9 Å². The molecule has 9 heteroatoms. The number of rotatable bonds is 4. The molecule has 6 nitrogen and oxygen atoms in total. The third-order valence-electron chi connectivity index (χ3n) is 3.27. The second kappa shape index (κ2) is 6.96. The molecule has 0 spiro atoms. The molecule has 1 N–H and O–H groups in total. The zero-order valence-electron chi connectivity index (χ0n) is 12.4. The maximum absolute atomic E-state index is 13.0. The highest BCUT2D eigenvalue weighted by molar-refractivity contribution is 7.14. The number of amides is 1. The number of carbonyl (C=O) groups excluding carboxylic acids is 1. The van der Waals surface area contributed by atoms with Crippen molar-refractivity contribution in [3.05, 3.63) is 74.4 Å². The van der Waals surface area contributed by atoms with E-state index in [9.17, 15) is 19.3 Å². The molecule has 126 valence electrons. The summed E-state index contributed by atoms with van der Waals surface area (Å²) >= 11 is 6.89. The second-order valence-electron chi connectivity index (χ2n) is 4.92. The molecule has 0 saturated heterocycles. The highest BCUT2D eigenvalue weighted by Gasteiger charge is 2.21. The summed E-state index contributed by atoms with van der Waals surface area (Å²) in [5.41, 5.74) is 0.745. The summed E-state index contributed by atoms with van der Waals surface area (Å²) in [6.07, 6.45) is 0. The molecule has 0 unspecified atom stereocenters. The third-order valence-corrected chi connectivity index (χ3v) is 4.26. The van der Waals surface area contributed by atoms with Crippen molar-refractivity contribution in [2.75, 3.05) is 5.32 Å². The Labute approximate surface area is 150 Å². The van der Waals surface area contributed by atoms with Crippen LogP contribution in [0.3, 0.4) is 0 Å². The number of nitrogens with one attached hydrogen (secondary N) is 1. The molecule has 0 aliphatic carbocycles. The van der Waals surface area contributed by atoms with Crippen molar-refractivity contribution in [1.29, 1.82) is 0 Å². The summed E-state index contributed by atoms with van der Waals surface area (Å²) in [7, 11) is 0. The van der Waals surface area contributed by atoms with Crippen molar-refractivity contribution in [2.24, 2.45) is 0 Å². The Bertz CT molecular complexity index is 960. The van der Waals surface area contributed by atoms with Gasteiger partial charge in [0, 0.05) is 22.0 Å². The zero-order valence-corrected chi connectivity index (χ0v) is 14.0. The summed E-state index contributed by atoms with van der Waals surface area (Å²) in [6, 6.07) is 9.55. The van der Waals surface area contributed by atoms with Gasteiger partial charge < -0.3 is 0 Å². The fourth-order valence-corrected chi connectivity index (χ4v) is 2.98. The fourth-order valence-electron chi connectivity index (χ4n) is 2.10. The van der Waals surface area contributed by atoms with E-state index in [1.165, 1.54) is 24.3 Å². The van der Waals surface area contributed by atoms with Crippen LogP contribution in [0.2, 0.25) is 5.02 Å². The van der Waals surface area contributed by atoms with Crippen molar-refractivity contribution in [3.8, 4) is 11.3 Å². The molecule has 2 aromatic carbocycles. The number of thiazole rings is 1. The number of nitro groups is 1. The Kier molecular flexibility index (Phi) is 4.73. The molecule has 25 heavy (non-hydrogen) atoms.